The van der Waals surface area contributed by atoms with Crippen LogP contribution in [-0.4, -0.2) is 48.3 Å². The Bertz CT molecular complexity index is 413. The molecule has 106 valence electrons. The van der Waals surface area contributed by atoms with Crippen LogP contribution in [0.5, 0.6) is 0 Å². The maximum atomic E-state index is 9.78. The molecule has 1 aliphatic rings. The van der Waals surface area contributed by atoms with Gasteiger partial charge in [-0.05, 0) is 46.4 Å². The lowest BCUT2D eigenvalue weighted by atomic mass is 9.95. The molecular weight excluding hydrogens is 236 g/mol. The second-order valence-corrected chi connectivity index (χ2v) is 6.37. The molecule has 1 aromatic rings. The Morgan fingerprint density at radius 3 is 2.47 bits per heavy atom. The number of aliphatic hydroxyl groups is 1. The summed E-state index contributed by atoms with van der Waals surface area (Å²) >= 11 is 0. The van der Waals surface area contributed by atoms with Gasteiger partial charge >= 0.3 is 0 Å². The number of hydrogen-bond donors (Lipinski definition) is 1. The SMILES string of the molecule is Cc1ccc(N2C(CO)CN(C)CCC2(C)C)cc1. The van der Waals surface area contributed by atoms with E-state index < -0.39 is 0 Å². The van der Waals surface area contributed by atoms with Crippen LogP contribution in [0, 0.1) is 6.92 Å². The van der Waals surface area contributed by atoms with E-state index in [1.54, 1.807) is 0 Å². The molecule has 3 nitrogen and oxygen atoms in total. The minimum absolute atomic E-state index is 0.0629. The predicted octanol–water partition coefficient (Wildman–Crippen LogP) is 2.28. The van der Waals surface area contributed by atoms with Crippen LogP contribution in [0.1, 0.15) is 25.8 Å². The molecule has 1 saturated heterocycles. The molecule has 0 bridgehead atoms. The molecule has 1 heterocycles. The van der Waals surface area contributed by atoms with Crippen molar-refractivity contribution >= 4 is 5.69 Å². The van der Waals surface area contributed by atoms with Crippen molar-refractivity contribution < 1.29 is 5.11 Å². The molecule has 1 unspecified atom stereocenters. The predicted molar refractivity (Wildman–Crippen MR) is 80.7 cm³/mol. The Labute approximate surface area is 116 Å². The molecule has 1 aromatic carbocycles. The molecule has 1 N–H and O–H groups in total. The number of rotatable bonds is 2. The van der Waals surface area contributed by atoms with E-state index in [1.807, 2.05) is 0 Å². The number of aryl methyl sites for hydroxylation is 1. The van der Waals surface area contributed by atoms with Gasteiger partial charge in [0.1, 0.15) is 0 Å². The maximum absolute atomic E-state index is 9.78. The highest BCUT2D eigenvalue weighted by molar-refractivity contribution is 5.51. The molecule has 0 aliphatic carbocycles. The van der Waals surface area contributed by atoms with Gasteiger partial charge in [0, 0.05) is 24.3 Å². The summed E-state index contributed by atoms with van der Waals surface area (Å²) in [5.41, 5.74) is 2.55. The summed E-state index contributed by atoms with van der Waals surface area (Å²) in [4.78, 5) is 4.72. The van der Waals surface area contributed by atoms with Gasteiger partial charge in [-0.2, -0.15) is 0 Å². The topological polar surface area (TPSA) is 26.7 Å². The first-order valence-corrected chi connectivity index (χ1v) is 7.09. The maximum Gasteiger partial charge on any atom is 0.0653 e. The van der Waals surface area contributed by atoms with Crippen molar-refractivity contribution in [3.05, 3.63) is 29.8 Å². The van der Waals surface area contributed by atoms with E-state index in [0.29, 0.717) is 0 Å². The van der Waals surface area contributed by atoms with Gasteiger partial charge in [-0.1, -0.05) is 17.7 Å². The Morgan fingerprint density at radius 2 is 1.89 bits per heavy atom. The zero-order chi connectivity index (χ0) is 14.0. The van der Waals surface area contributed by atoms with Crippen LogP contribution in [0.3, 0.4) is 0 Å². The molecule has 2 rings (SSSR count). The van der Waals surface area contributed by atoms with Crippen molar-refractivity contribution in [3.63, 3.8) is 0 Å². The number of benzene rings is 1. The van der Waals surface area contributed by atoms with Gasteiger partial charge in [0.15, 0.2) is 0 Å². The number of likely N-dealkylation sites (N-methyl/N-ethyl adjacent to an activating group) is 1. The summed E-state index contributed by atoms with van der Waals surface area (Å²) in [5.74, 6) is 0. The van der Waals surface area contributed by atoms with Crippen LogP contribution < -0.4 is 4.90 Å². The van der Waals surface area contributed by atoms with Crippen molar-refractivity contribution in [2.45, 2.75) is 38.8 Å². The van der Waals surface area contributed by atoms with Crippen LogP contribution in [0.15, 0.2) is 24.3 Å². The molecule has 0 amide bonds. The van der Waals surface area contributed by atoms with Gasteiger partial charge in [0.05, 0.1) is 12.6 Å². The van der Waals surface area contributed by atoms with Crippen LogP contribution in [-0.2, 0) is 0 Å². The van der Waals surface area contributed by atoms with Crippen LogP contribution in [0.2, 0.25) is 0 Å². The fourth-order valence-corrected chi connectivity index (χ4v) is 3.02. The highest BCUT2D eigenvalue weighted by Crippen LogP contribution is 2.31. The summed E-state index contributed by atoms with van der Waals surface area (Å²) in [7, 11) is 2.14. The van der Waals surface area contributed by atoms with Gasteiger partial charge in [0.25, 0.3) is 0 Å². The minimum atomic E-state index is 0.0629. The summed E-state index contributed by atoms with van der Waals surface area (Å²) in [5, 5.41) is 9.78. The van der Waals surface area contributed by atoms with E-state index in [1.165, 1.54) is 11.3 Å². The fourth-order valence-electron chi connectivity index (χ4n) is 3.02. The fraction of sp³-hybridized carbons (Fsp3) is 0.625. The van der Waals surface area contributed by atoms with Gasteiger partial charge in [-0.15, -0.1) is 0 Å². The summed E-state index contributed by atoms with van der Waals surface area (Å²) in [6, 6.07) is 8.80. The van der Waals surface area contributed by atoms with Crippen molar-refractivity contribution in [1.29, 1.82) is 0 Å². The zero-order valence-electron chi connectivity index (χ0n) is 12.6. The molecule has 0 saturated carbocycles. The Hall–Kier alpha value is -1.06. The molecule has 3 heteroatoms. The van der Waals surface area contributed by atoms with Crippen LogP contribution in [0.25, 0.3) is 0 Å². The number of nitrogens with zero attached hydrogens (tertiary/aromatic N) is 2. The highest BCUT2D eigenvalue weighted by Gasteiger charge is 2.35. The van der Waals surface area contributed by atoms with E-state index in [-0.39, 0.29) is 18.2 Å². The lowest BCUT2D eigenvalue weighted by Crippen LogP contribution is -2.52. The number of aliphatic hydroxyl groups excluding tert-OH is 1. The molecule has 1 aliphatic heterocycles. The number of hydrogen-bond acceptors (Lipinski definition) is 3. The average molecular weight is 262 g/mol. The lowest BCUT2D eigenvalue weighted by molar-refractivity contribution is 0.224. The molecular formula is C16H26N2O. The lowest BCUT2D eigenvalue weighted by Gasteiger charge is -2.43. The van der Waals surface area contributed by atoms with E-state index in [9.17, 15) is 5.11 Å². The first-order chi connectivity index (χ1) is 8.94. The zero-order valence-corrected chi connectivity index (χ0v) is 12.6. The first kappa shape index (κ1) is 14.4. The largest absolute Gasteiger partial charge is 0.394 e. The van der Waals surface area contributed by atoms with Crippen LogP contribution in [0.4, 0.5) is 5.69 Å². The van der Waals surface area contributed by atoms with Crippen molar-refractivity contribution in [2.24, 2.45) is 0 Å². The molecule has 0 aromatic heterocycles. The third kappa shape index (κ3) is 3.10. The van der Waals surface area contributed by atoms with Gasteiger partial charge in [0.2, 0.25) is 0 Å². The standard InChI is InChI=1S/C16H26N2O/c1-13-5-7-14(8-6-13)18-15(12-19)11-17(4)10-9-16(18,2)3/h5-8,15,19H,9-12H2,1-4H3. The molecule has 0 radical (unpaired) electrons. The van der Waals surface area contributed by atoms with Crippen LogP contribution >= 0.6 is 0 Å². The molecule has 0 spiro atoms. The highest BCUT2D eigenvalue weighted by atomic mass is 16.3. The van der Waals surface area contributed by atoms with E-state index in [4.69, 9.17) is 0 Å². The van der Waals surface area contributed by atoms with Gasteiger partial charge < -0.3 is 14.9 Å². The Balaban J connectivity index is 2.38. The molecule has 1 atom stereocenters. The van der Waals surface area contributed by atoms with Gasteiger partial charge in [-0.25, -0.2) is 0 Å². The van der Waals surface area contributed by atoms with E-state index >= 15 is 0 Å². The number of anilines is 1. The monoisotopic (exact) mass is 262 g/mol. The van der Waals surface area contributed by atoms with E-state index in [0.717, 1.165) is 19.5 Å². The van der Waals surface area contributed by atoms with Crippen molar-refractivity contribution in [1.82, 2.24) is 4.90 Å². The molecule has 19 heavy (non-hydrogen) atoms. The minimum Gasteiger partial charge on any atom is -0.394 e. The third-order valence-electron chi connectivity index (χ3n) is 4.17. The summed E-state index contributed by atoms with van der Waals surface area (Å²) in [6.45, 7) is 8.83. The average Bonchev–Trinajstić information content (AvgIpc) is 2.48. The van der Waals surface area contributed by atoms with Crippen molar-refractivity contribution in [2.75, 3.05) is 31.6 Å². The Kier molecular flexibility index (Phi) is 4.16. The Morgan fingerprint density at radius 1 is 1.26 bits per heavy atom. The summed E-state index contributed by atoms with van der Waals surface area (Å²) < 4.78 is 0. The second-order valence-electron chi connectivity index (χ2n) is 6.37. The first-order valence-electron chi connectivity index (χ1n) is 7.09. The van der Waals surface area contributed by atoms with E-state index in [2.05, 4.69) is 61.9 Å². The van der Waals surface area contributed by atoms with Gasteiger partial charge in [-0.3, -0.25) is 0 Å². The molecule has 1 fully saturated rings. The smallest absolute Gasteiger partial charge is 0.0653 e. The third-order valence-corrected chi connectivity index (χ3v) is 4.17. The second kappa shape index (κ2) is 5.51. The normalized spacial score (nSPS) is 24.3. The van der Waals surface area contributed by atoms with Crippen molar-refractivity contribution in [3.8, 4) is 0 Å². The quantitative estimate of drug-likeness (QED) is 0.886. The summed E-state index contributed by atoms with van der Waals surface area (Å²) in [6.07, 6.45) is 1.11.